The lowest BCUT2D eigenvalue weighted by Crippen LogP contribution is -2.50. The molecule has 2 unspecified atom stereocenters. The number of nitrogens with zero attached hydrogens (tertiary/aromatic N) is 1. The minimum absolute atomic E-state index is 0.228. The number of aryl methyl sites for hydroxylation is 1. The topological polar surface area (TPSA) is 66.5 Å². The molecule has 6 heteroatoms. The maximum Gasteiger partial charge on any atom is 0.243 e. The average molecular weight is 383 g/mol. The van der Waals surface area contributed by atoms with E-state index in [0.29, 0.717) is 24.6 Å². The van der Waals surface area contributed by atoms with Crippen LogP contribution in [0, 0.1) is 12.8 Å². The van der Waals surface area contributed by atoms with Crippen LogP contribution in [0.5, 0.6) is 0 Å². The summed E-state index contributed by atoms with van der Waals surface area (Å²) in [5, 5.41) is 2.98. The molecular formula is C20H34N2O3S. The zero-order chi connectivity index (χ0) is 19.7. The highest BCUT2D eigenvalue weighted by Gasteiger charge is 2.31. The Bertz CT molecular complexity index is 656. The SMILES string of the molecule is CCCCC(CC)CNC(=O)C(CC)N(c1ccc(C)cc1)S(C)(=O)=O. The number of hydrogen-bond donors (Lipinski definition) is 1. The van der Waals surface area contributed by atoms with Gasteiger partial charge in [-0.05, 0) is 37.8 Å². The number of hydrogen-bond acceptors (Lipinski definition) is 3. The third-order valence-electron chi connectivity index (χ3n) is 4.73. The first-order chi connectivity index (χ1) is 12.2. The Labute approximate surface area is 159 Å². The molecule has 5 nitrogen and oxygen atoms in total. The van der Waals surface area contributed by atoms with Gasteiger partial charge in [0, 0.05) is 6.54 Å². The van der Waals surface area contributed by atoms with Crippen molar-refractivity contribution in [1.82, 2.24) is 5.32 Å². The second-order valence-corrected chi connectivity index (χ2v) is 8.84. The minimum atomic E-state index is -3.57. The molecule has 2 atom stereocenters. The summed E-state index contributed by atoms with van der Waals surface area (Å²) in [7, 11) is -3.57. The van der Waals surface area contributed by atoms with Crippen LogP contribution >= 0.6 is 0 Å². The molecule has 1 aromatic carbocycles. The van der Waals surface area contributed by atoms with Crippen LogP contribution in [0.4, 0.5) is 5.69 Å². The van der Waals surface area contributed by atoms with Gasteiger partial charge < -0.3 is 5.32 Å². The van der Waals surface area contributed by atoms with Gasteiger partial charge in [0.15, 0.2) is 0 Å². The highest BCUT2D eigenvalue weighted by Crippen LogP contribution is 2.23. The molecule has 1 amide bonds. The molecule has 26 heavy (non-hydrogen) atoms. The number of rotatable bonds is 11. The predicted molar refractivity (Wildman–Crippen MR) is 109 cm³/mol. The monoisotopic (exact) mass is 382 g/mol. The van der Waals surface area contributed by atoms with Crippen molar-refractivity contribution >= 4 is 21.6 Å². The number of anilines is 1. The van der Waals surface area contributed by atoms with Gasteiger partial charge in [-0.3, -0.25) is 9.10 Å². The van der Waals surface area contributed by atoms with Crippen LogP contribution in [0.2, 0.25) is 0 Å². The fraction of sp³-hybridized carbons (Fsp3) is 0.650. The standard InChI is InChI=1S/C20H34N2O3S/c1-6-9-10-17(7-2)15-21-20(23)19(8-3)22(26(5,24)25)18-13-11-16(4)12-14-18/h11-14,17,19H,6-10,15H2,1-5H3,(H,21,23). The van der Waals surface area contributed by atoms with Crippen LogP contribution < -0.4 is 9.62 Å². The number of sulfonamides is 1. The van der Waals surface area contributed by atoms with Crippen molar-refractivity contribution in [1.29, 1.82) is 0 Å². The lowest BCUT2D eigenvalue weighted by molar-refractivity contribution is -0.122. The lowest BCUT2D eigenvalue weighted by Gasteiger charge is -2.30. The van der Waals surface area contributed by atoms with Crippen molar-refractivity contribution in [3.63, 3.8) is 0 Å². The molecule has 0 spiro atoms. The van der Waals surface area contributed by atoms with Crippen LogP contribution in [0.15, 0.2) is 24.3 Å². The predicted octanol–water partition coefficient (Wildman–Crippen LogP) is 3.87. The first kappa shape index (κ1) is 22.5. The number of unbranched alkanes of at least 4 members (excludes halogenated alkanes) is 1. The van der Waals surface area contributed by atoms with Crippen molar-refractivity contribution in [2.45, 2.75) is 65.8 Å². The van der Waals surface area contributed by atoms with Crippen LogP contribution in [-0.2, 0) is 14.8 Å². The molecule has 0 aliphatic heterocycles. The maximum atomic E-state index is 12.8. The molecule has 1 rings (SSSR count). The third kappa shape index (κ3) is 6.63. The highest BCUT2D eigenvalue weighted by molar-refractivity contribution is 7.92. The molecule has 148 valence electrons. The van der Waals surface area contributed by atoms with Gasteiger partial charge in [0.1, 0.15) is 6.04 Å². The molecule has 0 radical (unpaired) electrons. The van der Waals surface area contributed by atoms with E-state index in [0.717, 1.165) is 37.5 Å². The van der Waals surface area contributed by atoms with E-state index < -0.39 is 16.1 Å². The number of benzene rings is 1. The normalized spacial score (nSPS) is 13.9. The Morgan fingerprint density at radius 1 is 1.12 bits per heavy atom. The van der Waals surface area contributed by atoms with Gasteiger partial charge in [-0.1, -0.05) is 57.7 Å². The van der Waals surface area contributed by atoms with E-state index in [1.807, 2.05) is 26.0 Å². The largest absolute Gasteiger partial charge is 0.354 e. The molecule has 0 saturated heterocycles. The van der Waals surface area contributed by atoms with Crippen LogP contribution in [-0.4, -0.2) is 33.2 Å². The van der Waals surface area contributed by atoms with E-state index >= 15 is 0 Å². The molecule has 0 heterocycles. The number of carbonyl (C=O) groups is 1. The van der Waals surface area contributed by atoms with Crippen molar-refractivity contribution < 1.29 is 13.2 Å². The van der Waals surface area contributed by atoms with Gasteiger partial charge in [-0.25, -0.2) is 8.42 Å². The van der Waals surface area contributed by atoms with Gasteiger partial charge in [0.25, 0.3) is 0 Å². The Hall–Kier alpha value is -1.56. The fourth-order valence-electron chi connectivity index (χ4n) is 3.06. The second-order valence-electron chi connectivity index (χ2n) is 6.98. The summed E-state index contributed by atoms with van der Waals surface area (Å²) in [5.74, 6) is 0.205. The van der Waals surface area contributed by atoms with Crippen molar-refractivity contribution in [2.24, 2.45) is 5.92 Å². The zero-order valence-electron chi connectivity index (χ0n) is 16.8. The van der Waals surface area contributed by atoms with Gasteiger partial charge in [0.2, 0.25) is 15.9 Å². The summed E-state index contributed by atoms with van der Waals surface area (Å²) in [6, 6.07) is 6.48. The first-order valence-electron chi connectivity index (χ1n) is 9.58. The van der Waals surface area contributed by atoms with Gasteiger partial charge in [-0.15, -0.1) is 0 Å². The number of nitrogens with one attached hydrogen (secondary N) is 1. The van der Waals surface area contributed by atoms with Crippen molar-refractivity contribution in [3.05, 3.63) is 29.8 Å². The number of amides is 1. The van der Waals surface area contributed by atoms with E-state index in [1.54, 1.807) is 12.1 Å². The molecule has 0 aromatic heterocycles. The fourth-order valence-corrected chi connectivity index (χ4v) is 4.27. The van der Waals surface area contributed by atoms with E-state index in [-0.39, 0.29) is 5.91 Å². The molecule has 0 fully saturated rings. The maximum absolute atomic E-state index is 12.8. The third-order valence-corrected chi connectivity index (χ3v) is 5.91. The van der Waals surface area contributed by atoms with E-state index in [1.165, 1.54) is 4.31 Å². The smallest absolute Gasteiger partial charge is 0.243 e. The van der Waals surface area contributed by atoms with Gasteiger partial charge in [-0.2, -0.15) is 0 Å². The Morgan fingerprint density at radius 3 is 2.19 bits per heavy atom. The minimum Gasteiger partial charge on any atom is -0.354 e. The first-order valence-corrected chi connectivity index (χ1v) is 11.4. The Balaban J connectivity index is 2.96. The summed E-state index contributed by atoms with van der Waals surface area (Å²) >= 11 is 0. The van der Waals surface area contributed by atoms with Crippen molar-refractivity contribution in [2.75, 3.05) is 17.1 Å². The molecule has 1 N–H and O–H groups in total. The molecule has 0 saturated carbocycles. The van der Waals surface area contributed by atoms with Crippen LogP contribution in [0.1, 0.15) is 58.4 Å². The summed E-state index contributed by atoms with van der Waals surface area (Å²) in [5.41, 5.74) is 1.57. The molecule has 1 aromatic rings. The Kier molecular flexibility index (Phi) is 9.13. The van der Waals surface area contributed by atoms with Crippen LogP contribution in [0.3, 0.4) is 0 Å². The van der Waals surface area contributed by atoms with Gasteiger partial charge in [0.05, 0.1) is 11.9 Å². The highest BCUT2D eigenvalue weighted by atomic mass is 32.2. The van der Waals surface area contributed by atoms with E-state index in [9.17, 15) is 13.2 Å². The molecule has 0 aliphatic carbocycles. The summed E-state index contributed by atoms with van der Waals surface area (Å²) < 4.78 is 26.1. The molecular weight excluding hydrogens is 348 g/mol. The number of carbonyl (C=O) groups excluding carboxylic acids is 1. The van der Waals surface area contributed by atoms with E-state index in [4.69, 9.17) is 0 Å². The lowest BCUT2D eigenvalue weighted by atomic mass is 9.99. The summed E-state index contributed by atoms with van der Waals surface area (Å²) in [6.45, 7) is 8.66. The molecule has 0 bridgehead atoms. The quantitative estimate of drug-likeness (QED) is 0.632. The second kappa shape index (κ2) is 10.6. The summed E-state index contributed by atoms with van der Waals surface area (Å²) in [6.07, 6.45) is 5.93. The van der Waals surface area contributed by atoms with Crippen LogP contribution in [0.25, 0.3) is 0 Å². The zero-order valence-corrected chi connectivity index (χ0v) is 17.6. The summed E-state index contributed by atoms with van der Waals surface area (Å²) in [4.78, 5) is 12.8. The van der Waals surface area contributed by atoms with E-state index in [2.05, 4.69) is 19.2 Å². The molecule has 0 aliphatic rings. The Morgan fingerprint density at radius 2 is 1.73 bits per heavy atom. The average Bonchev–Trinajstić information content (AvgIpc) is 2.59. The van der Waals surface area contributed by atoms with Crippen molar-refractivity contribution in [3.8, 4) is 0 Å². The van der Waals surface area contributed by atoms with Gasteiger partial charge >= 0.3 is 0 Å².